The number of hydrogen-bond donors (Lipinski definition) is 4. The van der Waals surface area contributed by atoms with E-state index in [1.807, 2.05) is 39.8 Å². The minimum absolute atomic E-state index is 0.00557. The van der Waals surface area contributed by atoms with Gasteiger partial charge in [0.25, 0.3) is 0 Å². The van der Waals surface area contributed by atoms with E-state index in [0.29, 0.717) is 32.1 Å². The van der Waals surface area contributed by atoms with Crippen molar-refractivity contribution in [1.29, 1.82) is 0 Å². The zero-order valence-electron chi connectivity index (χ0n) is 36.4. The van der Waals surface area contributed by atoms with E-state index in [-0.39, 0.29) is 82.3 Å². The third-order valence-electron chi connectivity index (χ3n) is 18.3. The molecule has 0 radical (unpaired) electrons. The molecule has 336 valence electrons. The Balaban J connectivity index is 0.000000176. The number of carbonyl (C=O) groups is 5. The molecule has 6 fully saturated rings. The highest BCUT2D eigenvalue weighted by atomic mass is 35.5. The van der Waals surface area contributed by atoms with Gasteiger partial charge in [0.05, 0.1) is 29.2 Å². The van der Waals surface area contributed by atoms with Crippen LogP contribution >= 0.6 is 23.2 Å². The molecule has 9 rings (SSSR count). The molecule has 0 saturated heterocycles. The number of aliphatic hydroxyl groups excluding tert-OH is 3. The maximum atomic E-state index is 13.6. The SMILES string of the molecule is C[C@@H]1C[C@H]2[C@@H]3CCC4=CC(=O)C=C[C@]4(C)[C@@]3(Cl)[C@@H](O)C[C@]2(C)[C@@]1(OC(=O)c1ccco1)C(=O)CCl.C[C@H]1C[C@@H]2[C@H]([C@@H](O)C[C@@]3(C)[C@H]2CC[C@]3(O)C(=O)CO)[C@@]2(C)C=CC(=O)C=C12. The van der Waals surface area contributed by atoms with E-state index in [1.54, 1.807) is 24.3 Å². The van der Waals surface area contributed by atoms with Crippen molar-refractivity contribution in [2.75, 3.05) is 12.5 Å². The maximum Gasteiger partial charge on any atom is 0.375 e. The first kappa shape index (κ1) is 45.4. The van der Waals surface area contributed by atoms with Crippen molar-refractivity contribution in [3.63, 3.8) is 0 Å². The Bertz CT molecular complexity index is 2190. The topological polar surface area (TPSA) is 189 Å². The largest absolute Gasteiger partial charge is 0.457 e. The summed E-state index contributed by atoms with van der Waals surface area (Å²) in [5, 5.41) is 43.6. The summed E-state index contributed by atoms with van der Waals surface area (Å²) >= 11 is 13.6. The van der Waals surface area contributed by atoms with Crippen LogP contribution in [-0.4, -0.2) is 90.3 Å². The summed E-state index contributed by atoms with van der Waals surface area (Å²) in [6, 6.07) is 3.07. The van der Waals surface area contributed by atoms with Gasteiger partial charge >= 0.3 is 5.97 Å². The molecule has 1 aromatic rings. The number of fused-ring (bicyclic) bond motifs is 10. The van der Waals surface area contributed by atoms with E-state index < -0.39 is 62.9 Å². The number of esters is 1. The van der Waals surface area contributed by atoms with Crippen LogP contribution in [0.25, 0.3) is 0 Å². The van der Waals surface area contributed by atoms with Crippen LogP contribution in [0.3, 0.4) is 0 Å². The zero-order chi connectivity index (χ0) is 45.2. The molecule has 0 amide bonds. The number of furan rings is 1. The van der Waals surface area contributed by atoms with Crippen molar-refractivity contribution >= 4 is 52.3 Å². The van der Waals surface area contributed by atoms with Crippen LogP contribution in [0.15, 0.2) is 70.4 Å². The molecular weight excluding hydrogens is 835 g/mol. The molecule has 0 unspecified atom stereocenters. The van der Waals surface area contributed by atoms with E-state index in [9.17, 15) is 44.4 Å². The molecule has 8 aliphatic carbocycles. The van der Waals surface area contributed by atoms with Gasteiger partial charge in [-0.15, -0.1) is 23.2 Å². The summed E-state index contributed by atoms with van der Waals surface area (Å²) in [4.78, 5) is 62.1. The molecule has 0 aromatic carbocycles. The highest BCUT2D eigenvalue weighted by Gasteiger charge is 2.76. The summed E-state index contributed by atoms with van der Waals surface area (Å²) in [5.74, 6) is -2.20. The lowest BCUT2D eigenvalue weighted by Gasteiger charge is -2.64. The molecule has 1 aromatic heterocycles. The van der Waals surface area contributed by atoms with Gasteiger partial charge < -0.3 is 29.6 Å². The quantitative estimate of drug-likeness (QED) is 0.176. The zero-order valence-corrected chi connectivity index (χ0v) is 37.9. The average molecular weight is 896 g/mol. The Morgan fingerprint density at radius 2 is 1.60 bits per heavy atom. The molecule has 13 heteroatoms. The van der Waals surface area contributed by atoms with Crippen LogP contribution in [0.2, 0.25) is 0 Å². The van der Waals surface area contributed by atoms with Crippen LogP contribution < -0.4 is 0 Å². The number of hydrogen-bond acceptors (Lipinski definition) is 11. The fourth-order valence-electron chi connectivity index (χ4n) is 15.4. The molecule has 8 aliphatic rings. The highest BCUT2D eigenvalue weighted by Crippen LogP contribution is 2.73. The number of alkyl halides is 2. The van der Waals surface area contributed by atoms with Gasteiger partial charge in [0.1, 0.15) is 12.2 Å². The van der Waals surface area contributed by atoms with Gasteiger partial charge in [-0.3, -0.25) is 19.2 Å². The number of halogens is 2. The monoisotopic (exact) mass is 894 g/mol. The smallest absolute Gasteiger partial charge is 0.375 e. The first-order valence-corrected chi connectivity index (χ1v) is 23.1. The lowest BCUT2D eigenvalue weighted by molar-refractivity contribution is -0.180. The predicted octanol–water partition coefficient (Wildman–Crippen LogP) is 6.67. The molecule has 0 aliphatic heterocycles. The molecule has 0 spiro atoms. The molecule has 11 nitrogen and oxygen atoms in total. The Labute approximate surface area is 373 Å². The predicted molar refractivity (Wildman–Crippen MR) is 230 cm³/mol. The number of ether oxygens (including phenoxy) is 1. The van der Waals surface area contributed by atoms with Crippen molar-refractivity contribution in [1.82, 2.24) is 0 Å². The van der Waals surface area contributed by atoms with Crippen molar-refractivity contribution in [3.05, 3.63) is 71.8 Å². The van der Waals surface area contributed by atoms with Crippen molar-refractivity contribution < 1.29 is 53.6 Å². The van der Waals surface area contributed by atoms with Gasteiger partial charge in [-0.05, 0) is 117 Å². The minimum atomic E-state index is -1.57. The third kappa shape index (κ3) is 5.93. The van der Waals surface area contributed by atoms with E-state index in [1.165, 1.54) is 18.4 Å². The highest BCUT2D eigenvalue weighted by molar-refractivity contribution is 6.29. The van der Waals surface area contributed by atoms with E-state index in [0.717, 1.165) is 24.0 Å². The fraction of sp³-hybridized carbons (Fsp3) is 0.653. The first-order valence-electron chi connectivity index (χ1n) is 22.2. The van der Waals surface area contributed by atoms with Gasteiger partial charge in [-0.25, -0.2) is 4.79 Å². The number of allylic oxidation sites excluding steroid dienone is 8. The van der Waals surface area contributed by atoms with E-state index in [2.05, 4.69) is 13.8 Å². The number of ketones is 4. The minimum Gasteiger partial charge on any atom is -0.457 e. The summed E-state index contributed by atoms with van der Waals surface area (Å²) < 4.78 is 11.3. The molecular formula is C49H60Cl2O11. The van der Waals surface area contributed by atoms with Crippen LogP contribution in [-0.2, 0) is 23.9 Å². The van der Waals surface area contributed by atoms with Gasteiger partial charge in [-0.1, -0.05) is 64.8 Å². The summed E-state index contributed by atoms with van der Waals surface area (Å²) in [6.07, 6.45) is 14.3. The number of rotatable bonds is 6. The van der Waals surface area contributed by atoms with Gasteiger partial charge in [0.15, 0.2) is 28.7 Å². The Kier molecular flexibility index (Phi) is 11.1. The lowest BCUT2D eigenvalue weighted by atomic mass is 9.45. The van der Waals surface area contributed by atoms with E-state index >= 15 is 0 Å². The fourth-order valence-corrected chi connectivity index (χ4v) is 16.2. The van der Waals surface area contributed by atoms with E-state index in [4.69, 9.17) is 32.4 Å². The van der Waals surface area contributed by atoms with Crippen LogP contribution in [0.5, 0.6) is 0 Å². The first-order chi connectivity index (χ1) is 29.0. The van der Waals surface area contributed by atoms with Crippen LogP contribution in [0.1, 0.15) is 103 Å². The second kappa shape index (κ2) is 15.2. The van der Waals surface area contributed by atoms with Crippen LogP contribution in [0.4, 0.5) is 0 Å². The summed E-state index contributed by atoms with van der Waals surface area (Å²) in [5.41, 5.74) is -3.79. The molecule has 62 heavy (non-hydrogen) atoms. The van der Waals surface area contributed by atoms with Gasteiger partial charge in [-0.2, -0.15) is 0 Å². The summed E-state index contributed by atoms with van der Waals surface area (Å²) in [7, 11) is 0. The van der Waals surface area contributed by atoms with Crippen molar-refractivity contribution in [2.24, 2.45) is 63.1 Å². The molecule has 1 heterocycles. The van der Waals surface area contributed by atoms with Crippen molar-refractivity contribution in [2.45, 2.75) is 121 Å². The summed E-state index contributed by atoms with van der Waals surface area (Å²) in [6.45, 7) is 11.3. The van der Waals surface area contributed by atoms with Gasteiger partial charge in [0.2, 0.25) is 5.76 Å². The molecule has 0 bridgehead atoms. The third-order valence-corrected chi connectivity index (χ3v) is 19.4. The molecule has 16 atom stereocenters. The second-order valence-electron chi connectivity index (χ2n) is 20.8. The molecule has 6 saturated carbocycles. The Morgan fingerprint density at radius 3 is 2.26 bits per heavy atom. The average Bonchev–Trinajstić information content (AvgIpc) is 3.91. The Morgan fingerprint density at radius 1 is 0.903 bits per heavy atom. The lowest BCUT2D eigenvalue weighted by Crippen LogP contribution is -2.69. The maximum absolute atomic E-state index is 13.6. The molecule has 4 N–H and O–H groups in total. The standard InChI is InChI=1S/C27H30Cl2O6.C22H30O5/c1-15-11-19-18-7-6-16-12-17(30)8-9-24(16,2)26(18,29)21(31)13-25(19,3)27(15,22(32)14-28)35-23(33)20-5-4-10-34-20;1-12-8-14-15-5-7-22(27,18(26)11-23)21(15,3)10-17(25)19(14)20(2)6-4-13(24)9-16(12)20/h4-5,8-10,12,15,18-19,21,31H,6-7,11,13-14H2,1-3H3;4,6,9,12,14-15,17,19,23,25,27H,5,7-8,10-11H2,1-3H3/t15-,18+,19+,21+,24+,25+,26+,27+;12-,14-,15-,17-,19+,20-,21-,22-/m10/s1. The van der Waals surface area contributed by atoms with Gasteiger partial charge in [0, 0.05) is 33.5 Å². The number of Topliss-reactive ketones (excluding diaryl/α,β-unsaturated/α-hetero) is 2. The second-order valence-corrected chi connectivity index (χ2v) is 21.7. The number of carbonyl (C=O) groups excluding carboxylic acids is 5. The number of aliphatic hydroxyl groups is 4. The van der Waals surface area contributed by atoms with Crippen LogP contribution in [0, 0.1) is 63.1 Å². The van der Waals surface area contributed by atoms with Crippen molar-refractivity contribution in [3.8, 4) is 0 Å². The Hall–Kier alpha value is -3.19. The normalized spacial score (nSPS) is 47.3.